The van der Waals surface area contributed by atoms with E-state index in [-0.39, 0.29) is 0 Å². The minimum absolute atomic E-state index is 0.885. The number of aryl methyl sites for hydroxylation is 1. The van der Waals surface area contributed by atoms with E-state index in [1.165, 1.54) is 18.6 Å². The normalized spacial score (nSPS) is 10.6. The van der Waals surface area contributed by atoms with Crippen molar-refractivity contribution in [2.24, 2.45) is 0 Å². The zero-order chi connectivity index (χ0) is 14.8. The van der Waals surface area contributed by atoms with E-state index in [1.54, 1.807) is 0 Å². The third-order valence-electron chi connectivity index (χ3n) is 3.08. The molecule has 20 heavy (non-hydrogen) atoms. The monoisotopic (exact) mass is 296 g/mol. The minimum Gasteiger partial charge on any atom is -0.370 e. The molecule has 0 aliphatic heterocycles. The molecule has 0 atom stereocenters. The summed E-state index contributed by atoms with van der Waals surface area (Å²) in [5.74, 6) is 4.12. The largest absolute Gasteiger partial charge is 0.370 e. The molecule has 0 bridgehead atoms. The van der Waals surface area contributed by atoms with Crippen LogP contribution in [0.4, 0.5) is 11.6 Å². The van der Waals surface area contributed by atoms with E-state index < -0.39 is 0 Å². The highest BCUT2D eigenvalue weighted by Crippen LogP contribution is 2.20. The van der Waals surface area contributed by atoms with Gasteiger partial charge in [0.1, 0.15) is 17.5 Å². The van der Waals surface area contributed by atoms with Crippen LogP contribution < -0.4 is 10.6 Å². The van der Waals surface area contributed by atoms with E-state index in [2.05, 4.69) is 47.6 Å². The lowest BCUT2D eigenvalue weighted by atomic mass is 10.2. The average molecular weight is 296 g/mol. The van der Waals surface area contributed by atoms with Gasteiger partial charge in [0.05, 0.1) is 0 Å². The molecule has 0 aliphatic carbocycles. The number of nitrogens with one attached hydrogen (secondary N) is 2. The molecular weight excluding hydrogens is 268 g/mol. The summed E-state index contributed by atoms with van der Waals surface area (Å²) in [4.78, 5) is 9.26. The van der Waals surface area contributed by atoms with Gasteiger partial charge in [-0.15, -0.1) is 0 Å². The summed E-state index contributed by atoms with van der Waals surface area (Å²) in [5.41, 5.74) is 1.12. The summed E-state index contributed by atoms with van der Waals surface area (Å²) in [7, 11) is 0. The molecule has 0 aromatic carbocycles. The number of aromatic nitrogens is 2. The van der Waals surface area contributed by atoms with Gasteiger partial charge in [0.15, 0.2) is 0 Å². The Morgan fingerprint density at radius 2 is 1.75 bits per heavy atom. The Hall–Kier alpha value is -0.970. The maximum atomic E-state index is 4.66. The summed E-state index contributed by atoms with van der Waals surface area (Å²) in [6.07, 6.45) is 6.59. The zero-order valence-electron chi connectivity index (χ0n) is 13.3. The summed E-state index contributed by atoms with van der Waals surface area (Å²) < 4.78 is 0. The maximum absolute atomic E-state index is 4.66. The van der Waals surface area contributed by atoms with Gasteiger partial charge in [0, 0.05) is 25.1 Å². The molecule has 1 aromatic rings. The molecular formula is C15H28N4S. The molecule has 0 spiro atoms. The van der Waals surface area contributed by atoms with E-state index in [1.807, 2.05) is 11.8 Å². The van der Waals surface area contributed by atoms with Crippen LogP contribution in [0.25, 0.3) is 0 Å². The second kappa shape index (κ2) is 9.86. The number of hydrogen-bond donors (Lipinski definition) is 2. The molecule has 1 heterocycles. The van der Waals surface area contributed by atoms with Gasteiger partial charge >= 0.3 is 0 Å². The van der Waals surface area contributed by atoms with Crippen molar-refractivity contribution in [1.29, 1.82) is 0 Å². The third kappa shape index (κ3) is 5.57. The van der Waals surface area contributed by atoms with Crippen LogP contribution in [0.5, 0.6) is 0 Å². The van der Waals surface area contributed by atoms with Crippen molar-refractivity contribution < 1.29 is 0 Å². The van der Waals surface area contributed by atoms with Gasteiger partial charge in [-0.1, -0.05) is 6.92 Å². The van der Waals surface area contributed by atoms with Crippen molar-refractivity contribution in [3.63, 3.8) is 0 Å². The summed E-state index contributed by atoms with van der Waals surface area (Å²) >= 11 is 1.91. The first-order chi connectivity index (χ1) is 9.72. The van der Waals surface area contributed by atoms with Crippen molar-refractivity contribution in [3.8, 4) is 0 Å². The molecule has 5 heteroatoms. The minimum atomic E-state index is 0.885. The molecule has 0 fully saturated rings. The Balaban J connectivity index is 2.71. The first kappa shape index (κ1) is 17.1. The van der Waals surface area contributed by atoms with Gasteiger partial charge in [0.2, 0.25) is 0 Å². The number of nitrogens with zero attached hydrogens (tertiary/aromatic N) is 2. The summed E-state index contributed by atoms with van der Waals surface area (Å²) in [6.45, 7) is 8.20. The highest BCUT2D eigenvalue weighted by molar-refractivity contribution is 7.98. The molecule has 0 saturated carbocycles. The molecule has 1 rings (SSSR count). The molecule has 0 radical (unpaired) electrons. The van der Waals surface area contributed by atoms with Gasteiger partial charge in [-0.05, 0) is 45.1 Å². The predicted octanol–water partition coefficient (Wildman–Crippen LogP) is 3.72. The van der Waals surface area contributed by atoms with Gasteiger partial charge in [-0.2, -0.15) is 11.8 Å². The van der Waals surface area contributed by atoms with Gasteiger partial charge < -0.3 is 10.6 Å². The van der Waals surface area contributed by atoms with Gasteiger partial charge in [-0.3, -0.25) is 0 Å². The van der Waals surface area contributed by atoms with Crippen molar-refractivity contribution in [3.05, 3.63) is 11.4 Å². The lowest BCUT2D eigenvalue weighted by molar-refractivity contribution is 0.814. The predicted molar refractivity (Wildman–Crippen MR) is 91.0 cm³/mol. The molecule has 0 amide bonds. The second-order valence-electron chi connectivity index (χ2n) is 4.87. The van der Waals surface area contributed by atoms with Crippen LogP contribution in [0.2, 0.25) is 0 Å². The van der Waals surface area contributed by atoms with E-state index in [0.29, 0.717) is 0 Å². The van der Waals surface area contributed by atoms with E-state index in [0.717, 1.165) is 49.0 Å². The second-order valence-corrected chi connectivity index (χ2v) is 5.85. The van der Waals surface area contributed by atoms with Crippen LogP contribution in [0.1, 0.15) is 44.5 Å². The highest BCUT2D eigenvalue weighted by atomic mass is 32.2. The smallest absolute Gasteiger partial charge is 0.134 e. The van der Waals surface area contributed by atoms with Crippen molar-refractivity contribution in [2.45, 2.75) is 46.5 Å². The van der Waals surface area contributed by atoms with Crippen LogP contribution in [0.3, 0.4) is 0 Å². The first-order valence-corrected chi connectivity index (χ1v) is 8.96. The number of rotatable bonds is 10. The number of unbranched alkanes of at least 4 members (excludes halogenated alkanes) is 1. The summed E-state index contributed by atoms with van der Waals surface area (Å²) in [5, 5.41) is 6.80. The number of anilines is 2. The Morgan fingerprint density at radius 3 is 2.35 bits per heavy atom. The van der Waals surface area contributed by atoms with E-state index in [4.69, 9.17) is 0 Å². The first-order valence-electron chi connectivity index (χ1n) is 7.57. The molecule has 4 nitrogen and oxygen atoms in total. The van der Waals surface area contributed by atoms with Crippen LogP contribution >= 0.6 is 11.8 Å². The fourth-order valence-electron chi connectivity index (χ4n) is 1.99. The fraction of sp³-hybridized carbons (Fsp3) is 0.733. The lowest BCUT2D eigenvalue weighted by Crippen LogP contribution is -2.12. The van der Waals surface area contributed by atoms with Gasteiger partial charge in [-0.25, -0.2) is 9.97 Å². The van der Waals surface area contributed by atoms with Gasteiger partial charge in [0.25, 0.3) is 0 Å². The van der Waals surface area contributed by atoms with Crippen LogP contribution in [-0.4, -0.2) is 35.1 Å². The van der Waals surface area contributed by atoms with E-state index in [9.17, 15) is 0 Å². The number of thioether (sulfide) groups is 1. The molecule has 2 N–H and O–H groups in total. The van der Waals surface area contributed by atoms with E-state index >= 15 is 0 Å². The third-order valence-corrected chi connectivity index (χ3v) is 3.77. The van der Waals surface area contributed by atoms with Crippen molar-refractivity contribution >= 4 is 23.4 Å². The molecule has 0 saturated heterocycles. The topological polar surface area (TPSA) is 49.8 Å². The van der Waals surface area contributed by atoms with Crippen LogP contribution in [0.15, 0.2) is 0 Å². The Bertz CT molecular complexity index is 396. The van der Waals surface area contributed by atoms with Crippen LogP contribution in [0, 0.1) is 6.92 Å². The van der Waals surface area contributed by atoms with Crippen LogP contribution in [-0.2, 0) is 6.42 Å². The Kier molecular flexibility index (Phi) is 8.42. The highest BCUT2D eigenvalue weighted by Gasteiger charge is 2.09. The molecule has 0 unspecified atom stereocenters. The molecule has 114 valence electrons. The fourth-order valence-corrected chi connectivity index (χ4v) is 2.48. The maximum Gasteiger partial charge on any atom is 0.134 e. The number of hydrogen-bond acceptors (Lipinski definition) is 5. The Labute approximate surface area is 127 Å². The average Bonchev–Trinajstić information content (AvgIpc) is 2.43. The molecule has 0 aliphatic rings. The van der Waals surface area contributed by atoms with Crippen molar-refractivity contribution in [2.75, 3.05) is 35.7 Å². The lowest BCUT2D eigenvalue weighted by Gasteiger charge is -2.14. The SMILES string of the molecule is CCCc1nc(NCC)c(C)c(NCCCCSC)n1. The molecule has 1 aromatic heterocycles. The zero-order valence-corrected chi connectivity index (χ0v) is 14.1. The quantitative estimate of drug-likeness (QED) is 0.644. The Morgan fingerprint density at radius 1 is 1.05 bits per heavy atom. The van der Waals surface area contributed by atoms with Crippen molar-refractivity contribution in [1.82, 2.24) is 9.97 Å². The standard InChI is InChI=1S/C15H28N4S/c1-5-9-13-18-14(16-6-2)12(3)15(19-13)17-10-7-8-11-20-4/h5-11H2,1-4H3,(H2,16,17,18,19). The summed E-state index contributed by atoms with van der Waals surface area (Å²) in [6, 6.07) is 0.